The second kappa shape index (κ2) is 46.2. The molecule has 0 radical (unpaired) electrons. The van der Waals surface area contributed by atoms with Gasteiger partial charge >= 0.3 is 17.9 Å². The Morgan fingerprint density at radius 2 is 1.12 bits per heavy atom. The van der Waals surface area contributed by atoms with Crippen LogP contribution in [-0.4, -0.2) is 248 Å². The second-order valence-corrected chi connectivity index (χ2v) is 32.9. The zero-order valence-electron chi connectivity index (χ0n) is 71.6. The van der Waals surface area contributed by atoms with E-state index in [-0.39, 0.29) is 82.4 Å². The average Bonchev–Trinajstić information content (AvgIpc) is 1.64. The lowest BCUT2D eigenvalue weighted by atomic mass is 9.99. The third-order valence-corrected chi connectivity index (χ3v) is 22.0. The molecule has 9 rings (SSSR count). The van der Waals surface area contributed by atoms with Crippen LogP contribution in [-0.2, 0) is 126 Å². The number of carbonyl (C=O) groups excluding carboxylic acids is 18. The Labute approximate surface area is 735 Å². The van der Waals surface area contributed by atoms with Gasteiger partial charge in [-0.05, 0) is 123 Å². The number of para-hydroxylation sites is 1. The number of phenolic OH excluding ortho intramolecular Hbond substituents is 2. The molecular weight excluding hydrogens is 1670 g/mol. The molecule has 688 valence electrons. The lowest BCUT2D eigenvalue weighted by molar-refractivity contribution is -0.154. The van der Waals surface area contributed by atoms with Gasteiger partial charge in [-0.15, -0.1) is 0 Å². The number of nitrogens with one attached hydrogen (secondary N) is 15. The molecule has 5 aromatic rings. The standard InChI is InChI=1S/C87H111N17O24/c1-44(2)35-59-77(115)92-56-19-12-13-33-89-69(109)31-29-57(76(114)100-65(87(125)126)38-48-15-8-7-9-16-48)93-75(113)58-30-32-70(110)127-43-66(101-83(121)67-20-14-34-104(67)86(124)64(99-74(56)112)37-50-23-27-53(107)28-24-50)82(120)97-63(80(118)95-61(79(117)94-58)39-51-42-90-55-18-11-10-17-54(51)55)41-71(111)128-46(5)73(85(123)98-59)103-84(122)72(45(3)4)102-81(119)62(40-68(88)108)96-78(116)60(91-47(6)105)36-49-21-25-52(106)26-22-49/h7-11,15-18,21-28,42,44-46,56-67,72-73,90,106-107H,12-14,19-20,29-41,43H2,1-6H3,(H2,88,108)(H,89,109)(H,91,105)(H,92,115)(H,93,113)(H,94,117)(H,95,118)(H,96,116)(H,97,120)(H,98,123)(H,99,112)(H,100,114)(H,101,121)(H,102,119)(H,103,122)(H,125,126)/t46-,56+,57+,58-,59+,60+,61+,62+,63+,64+,65+,66-,67+,72+,73+/m1/s1. The van der Waals surface area contributed by atoms with E-state index < -0.39 is 267 Å². The smallest absolute Gasteiger partial charge is 0.326 e. The molecule has 4 bridgehead atoms. The van der Waals surface area contributed by atoms with Crippen molar-refractivity contribution in [2.75, 3.05) is 19.7 Å². The molecule has 4 saturated heterocycles. The first-order chi connectivity index (χ1) is 60.9. The Bertz CT molecular complexity index is 4910. The van der Waals surface area contributed by atoms with E-state index in [9.17, 15) is 53.7 Å². The molecule has 41 nitrogen and oxygen atoms in total. The number of H-pyrrole nitrogens is 1. The number of amides is 16. The number of aromatic amines is 1. The van der Waals surface area contributed by atoms with Crippen LogP contribution in [0.15, 0.2) is 109 Å². The van der Waals surface area contributed by atoms with Crippen LogP contribution in [0.4, 0.5) is 0 Å². The molecule has 0 saturated carbocycles. The van der Waals surface area contributed by atoms with Gasteiger partial charge in [0.05, 0.1) is 12.8 Å². The highest BCUT2D eigenvalue weighted by Crippen LogP contribution is 2.25. The maximum atomic E-state index is 15.6. The van der Waals surface area contributed by atoms with Crippen LogP contribution < -0.4 is 80.2 Å². The lowest BCUT2D eigenvalue weighted by Crippen LogP contribution is -2.63. The van der Waals surface area contributed by atoms with E-state index in [0.29, 0.717) is 33.2 Å². The number of rotatable bonds is 23. The fraction of sp³-hybridized carbons (Fsp3) is 0.483. The number of primary amides is 1. The minimum Gasteiger partial charge on any atom is -0.508 e. The number of ether oxygens (including phenoxy) is 2. The zero-order chi connectivity index (χ0) is 93.2. The first kappa shape index (κ1) is 97.8. The second-order valence-electron chi connectivity index (χ2n) is 32.9. The third-order valence-electron chi connectivity index (χ3n) is 22.0. The van der Waals surface area contributed by atoms with Crippen LogP contribution in [0.1, 0.15) is 141 Å². The Kier molecular flexibility index (Phi) is 35.3. The minimum absolute atomic E-state index is 0.0150. The van der Waals surface area contributed by atoms with E-state index >= 15 is 52.7 Å². The molecule has 5 heterocycles. The van der Waals surface area contributed by atoms with Crippen LogP contribution in [0.2, 0.25) is 0 Å². The molecule has 16 amide bonds. The van der Waals surface area contributed by atoms with Crippen LogP contribution in [0, 0.1) is 11.8 Å². The van der Waals surface area contributed by atoms with Gasteiger partial charge in [-0.3, -0.25) is 86.3 Å². The van der Waals surface area contributed by atoms with Gasteiger partial charge in [0.2, 0.25) is 94.5 Å². The Morgan fingerprint density at radius 1 is 0.539 bits per heavy atom. The number of esters is 2. The van der Waals surface area contributed by atoms with Crippen molar-refractivity contribution in [1.82, 2.24) is 84.3 Å². The number of carbonyl (C=O) groups is 19. The summed E-state index contributed by atoms with van der Waals surface area (Å²) in [5.74, 6) is -23.7. The predicted molar refractivity (Wildman–Crippen MR) is 453 cm³/mol. The van der Waals surface area contributed by atoms with Crippen LogP contribution in [0.25, 0.3) is 10.9 Å². The van der Waals surface area contributed by atoms with Crippen molar-refractivity contribution >= 4 is 123 Å². The SMILES string of the molecule is CC(=O)N[C@@H](Cc1ccc(O)cc1)C(=O)N[C@@H](CC(N)=O)C(=O)N[C@H](C(=O)N[C@@H]1C(=O)N[C@@H](CC(C)C)C(=O)N[C@H]2CCCCNC(=O)CC[C@@H](C(=O)N[C@@H](Cc3ccccc3)C(=O)O)NC(=O)[C@H]3CCC(=O)OC[C@@H](NC(=O)[C@@H]4CCCN4C(=O)[C@H](Cc4ccc(O)cc4)NC2=O)C(=O)N[C@@H](CC(=O)O[C@@H]1C)C(=O)N[C@@H](Cc1c[nH]c2ccccc12)C(=O)N3)C(C)C. The van der Waals surface area contributed by atoms with E-state index in [4.69, 9.17) is 15.2 Å². The van der Waals surface area contributed by atoms with Crippen molar-refractivity contribution in [3.05, 3.63) is 132 Å². The molecule has 4 aromatic carbocycles. The highest BCUT2D eigenvalue weighted by Gasteiger charge is 2.45. The third kappa shape index (κ3) is 28.7. The number of hydrogen-bond acceptors (Lipinski definition) is 23. The lowest BCUT2D eigenvalue weighted by Gasteiger charge is -2.31. The largest absolute Gasteiger partial charge is 0.508 e. The van der Waals surface area contributed by atoms with Gasteiger partial charge in [-0.25, -0.2) is 4.79 Å². The number of nitrogens with zero attached hydrogens (tertiary/aromatic N) is 1. The molecule has 4 fully saturated rings. The first-order valence-corrected chi connectivity index (χ1v) is 42.4. The Hall–Kier alpha value is -14.1. The van der Waals surface area contributed by atoms with Gasteiger partial charge in [0.1, 0.15) is 109 Å². The molecule has 4 aliphatic rings. The number of carboxylic acid groups (broad SMARTS) is 1. The predicted octanol–water partition coefficient (Wildman–Crippen LogP) is -2.42. The van der Waals surface area contributed by atoms with E-state index in [1.807, 2.05) is 0 Å². The number of carboxylic acids is 1. The molecule has 15 atom stereocenters. The summed E-state index contributed by atoms with van der Waals surface area (Å²) >= 11 is 0. The number of phenols is 2. The van der Waals surface area contributed by atoms with Crippen molar-refractivity contribution in [3.8, 4) is 11.5 Å². The molecule has 128 heavy (non-hydrogen) atoms. The number of aliphatic carboxylic acids is 1. The molecule has 1 aromatic heterocycles. The van der Waals surface area contributed by atoms with Gasteiger partial charge in [0.25, 0.3) is 0 Å². The van der Waals surface area contributed by atoms with Crippen molar-refractivity contribution in [2.45, 2.75) is 235 Å². The fourth-order valence-electron chi connectivity index (χ4n) is 15.2. The fourth-order valence-corrected chi connectivity index (χ4v) is 15.2. The Balaban J connectivity index is 1.18. The molecule has 0 spiro atoms. The number of benzene rings is 4. The normalized spacial score (nSPS) is 23.5. The number of fused-ring (bicyclic) bond motifs is 13. The van der Waals surface area contributed by atoms with Gasteiger partial charge in [-0.1, -0.05) is 100 Å². The highest BCUT2D eigenvalue weighted by molar-refractivity contribution is 6.03. The number of cyclic esters (lactones) is 1. The van der Waals surface area contributed by atoms with E-state index in [2.05, 4.69) is 79.4 Å². The van der Waals surface area contributed by atoms with Crippen molar-refractivity contribution in [2.24, 2.45) is 17.6 Å². The summed E-state index contributed by atoms with van der Waals surface area (Å²) in [7, 11) is 0. The van der Waals surface area contributed by atoms with Gasteiger partial charge < -0.3 is 115 Å². The van der Waals surface area contributed by atoms with Crippen LogP contribution in [0.3, 0.4) is 0 Å². The number of aromatic hydroxyl groups is 2. The van der Waals surface area contributed by atoms with Crippen molar-refractivity contribution < 1.29 is 116 Å². The summed E-state index contributed by atoms with van der Waals surface area (Å²) in [5.41, 5.74) is 7.74. The number of aromatic nitrogens is 1. The zero-order valence-corrected chi connectivity index (χ0v) is 71.6. The van der Waals surface area contributed by atoms with Gasteiger partial charge in [-0.2, -0.15) is 0 Å². The summed E-state index contributed by atoms with van der Waals surface area (Å²) in [6.45, 7) is 6.90. The molecular formula is C87H111N17O24. The van der Waals surface area contributed by atoms with E-state index in [0.717, 1.165) is 18.7 Å². The van der Waals surface area contributed by atoms with E-state index in [1.165, 1.54) is 68.6 Å². The number of hydrogen-bond donors (Lipinski definition) is 19. The topological polar surface area (TPSA) is 617 Å². The summed E-state index contributed by atoms with van der Waals surface area (Å²) in [6.07, 6.45) is -7.23. The number of nitrogens with two attached hydrogens (primary N) is 1. The van der Waals surface area contributed by atoms with E-state index in [1.54, 1.807) is 68.4 Å². The van der Waals surface area contributed by atoms with Crippen molar-refractivity contribution in [3.63, 3.8) is 0 Å². The molecule has 0 unspecified atom stereocenters. The summed E-state index contributed by atoms with van der Waals surface area (Å²) in [6, 6.07) is 0.490. The van der Waals surface area contributed by atoms with Gasteiger partial charge in [0.15, 0.2) is 0 Å². The maximum absolute atomic E-state index is 15.6. The van der Waals surface area contributed by atoms with Gasteiger partial charge in [0, 0.05) is 75.6 Å². The van der Waals surface area contributed by atoms with Crippen LogP contribution in [0.5, 0.6) is 11.5 Å². The quantitative estimate of drug-likeness (QED) is 0.0303. The maximum Gasteiger partial charge on any atom is 0.326 e. The highest BCUT2D eigenvalue weighted by atomic mass is 16.5. The Morgan fingerprint density at radius 3 is 1.79 bits per heavy atom. The summed E-state index contributed by atoms with van der Waals surface area (Å²) < 4.78 is 11.6. The first-order valence-electron chi connectivity index (χ1n) is 42.4. The summed E-state index contributed by atoms with van der Waals surface area (Å²) in [5, 5.41) is 66.8. The van der Waals surface area contributed by atoms with Crippen molar-refractivity contribution in [1.29, 1.82) is 0 Å². The summed E-state index contributed by atoms with van der Waals surface area (Å²) in [4.78, 5) is 283. The average molecular weight is 1780 g/mol. The molecule has 20 N–H and O–H groups in total. The monoisotopic (exact) mass is 1780 g/mol. The van der Waals surface area contributed by atoms with Crippen LogP contribution >= 0.6 is 0 Å². The molecule has 4 aliphatic heterocycles. The molecule has 41 heteroatoms. The minimum atomic E-state index is -2.29. The molecule has 0 aliphatic carbocycles.